The molecule has 1 unspecified atom stereocenters. The zero-order valence-electron chi connectivity index (χ0n) is 16.3. The molecule has 1 N–H and O–H groups in total. The summed E-state index contributed by atoms with van der Waals surface area (Å²) in [4.78, 5) is 22.4. The van der Waals surface area contributed by atoms with Crippen molar-refractivity contribution in [1.29, 1.82) is 0 Å². The van der Waals surface area contributed by atoms with Crippen LogP contribution in [0.25, 0.3) is 22.6 Å². The Morgan fingerprint density at radius 1 is 1.14 bits per heavy atom. The zero-order chi connectivity index (χ0) is 19.5. The average molecular weight is 375 g/mol. The van der Waals surface area contributed by atoms with Gasteiger partial charge in [-0.05, 0) is 62.2 Å². The highest BCUT2D eigenvalue weighted by atomic mass is 16.5. The van der Waals surface area contributed by atoms with E-state index in [2.05, 4.69) is 28.9 Å². The molecule has 2 aromatic carbocycles. The number of nitrogens with one attached hydrogen (secondary N) is 1. The van der Waals surface area contributed by atoms with E-state index in [1.807, 2.05) is 36.4 Å². The number of methoxy groups -OCH3 is 1. The SMILES string of the molecule is COc1ccc(-c2cc(=O)[nH]c(-c3cccc(CN4CCCC4C)c3)n2)cc1. The standard InChI is InChI=1S/C23H25N3O2/c1-16-5-4-12-26(16)15-17-6-3-7-19(13-17)23-24-21(14-22(27)25-23)18-8-10-20(28-2)11-9-18/h3,6-11,13-14,16H,4-5,12,15H2,1-2H3,(H,24,25,27). The van der Waals surface area contributed by atoms with Crippen molar-refractivity contribution < 1.29 is 4.74 Å². The van der Waals surface area contributed by atoms with Crippen LogP contribution in [0.1, 0.15) is 25.3 Å². The fraction of sp³-hybridized carbons (Fsp3) is 0.304. The van der Waals surface area contributed by atoms with E-state index in [9.17, 15) is 4.79 Å². The quantitative estimate of drug-likeness (QED) is 0.729. The Bertz CT molecular complexity index is 1010. The van der Waals surface area contributed by atoms with Gasteiger partial charge in [0.15, 0.2) is 0 Å². The predicted octanol–water partition coefficient (Wildman–Crippen LogP) is 4.10. The van der Waals surface area contributed by atoms with Gasteiger partial charge in [0.05, 0.1) is 12.8 Å². The van der Waals surface area contributed by atoms with E-state index < -0.39 is 0 Å². The number of rotatable bonds is 5. The number of hydrogen-bond acceptors (Lipinski definition) is 4. The number of nitrogens with zero attached hydrogens (tertiary/aromatic N) is 2. The monoisotopic (exact) mass is 375 g/mol. The Morgan fingerprint density at radius 3 is 2.68 bits per heavy atom. The Kier molecular flexibility index (Phi) is 5.26. The van der Waals surface area contributed by atoms with Crippen LogP contribution in [-0.4, -0.2) is 34.6 Å². The first-order chi connectivity index (χ1) is 13.6. The summed E-state index contributed by atoms with van der Waals surface area (Å²) < 4.78 is 5.20. The maximum atomic E-state index is 12.3. The maximum absolute atomic E-state index is 12.3. The molecule has 1 saturated heterocycles. The molecule has 2 heterocycles. The van der Waals surface area contributed by atoms with E-state index >= 15 is 0 Å². The van der Waals surface area contributed by atoms with Gasteiger partial charge in [-0.2, -0.15) is 0 Å². The molecule has 28 heavy (non-hydrogen) atoms. The minimum absolute atomic E-state index is 0.158. The molecule has 144 valence electrons. The number of aromatic amines is 1. The second-order valence-electron chi connectivity index (χ2n) is 7.37. The lowest BCUT2D eigenvalue weighted by molar-refractivity contribution is 0.260. The van der Waals surface area contributed by atoms with Crippen LogP contribution in [0.3, 0.4) is 0 Å². The van der Waals surface area contributed by atoms with Gasteiger partial charge in [0, 0.05) is 29.8 Å². The van der Waals surface area contributed by atoms with Gasteiger partial charge >= 0.3 is 0 Å². The third kappa shape index (κ3) is 3.99. The van der Waals surface area contributed by atoms with Crippen molar-refractivity contribution in [2.24, 2.45) is 0 Å². The first kappa shape index (κ1) is 18.4. The first-order valence-corrected chi connectivity index (χ1v) is 9.71. The summed E-state index contributed by atoms with van der Waals surface area (Å²) in [7, 11) is 1.63. The summed E-state index contributed by atoms with van der Waals surface area (Å²) >= 11 is 0. The number of ether oxygens (including phenoxy) is 1. The molecule has 1 aliphatic heterocycles. The summed E-state index contributed by atoms with van der Waals surface area (Å²) in [5, 5.41) is 0. The van der Waals surface area contributed by atoms with Gasteiger partial charge in [0.1, 0.15) is 11.6 Å². The topological polar surface area (TPSA) is 58.2 Å². The minimum Gasteiger partial charge on any atom is -0.497 e. The molecule has 0 aliphatic carbocycles. The van der Waals surface area contributed by atoms with Crippen LogP contribution in [0.2, 0.25) is 0 Å². The third-order valence-corrected chi connectivity index (χ3v) is 5.40. The highest BCUT2D eigenvalue weighted by Gasteiger charge is 2.20. The lowest BCUT2D eigenvalue weighted by Crippen LogP contribution is -2.26. The molecule has 1 fully saturated rings. The molecule has 0 amide bonds. The van der Waals surface area contributed by atoms with Crippen molar-refractivity contribution in [2.45, 2.75) is 32.4 Å². The second-order valence-corrected chi connectivity index (χ2v) is 7.37. The van der Waals surface area contributed by atoms with Crippen molar-refractivity contribution in [3.8, 4) is 28.4 Å². The number of likely N-dealkylation sites (tertiary alicyclic amines) is 1. The Labute approximate surface area is 165 Å². The van der Waals surface area contributed by atoms with Gasteiger partial charge in [-0.25, -0.2) is 4.98 Å². The van der Waals surface area contributed by atoms with Crippen molar-refractivity contribution in [3.63, 3.8) is 0 Å². The van der Waals surface area contributed by atoms with E-state index in [0.717, 1.165) is 30.0 Å². The molecular weight excluding hydrogens is 350 g/mol. The fourth-order valence-corrected chi connectivity index (χ4v) is 3.78. The Hall–Kier alpha value is -2.92. The van der Waals surface area contributed by atoms with E-state index in [0.29, 0.717) is 17.6 Å². The molecule has 4 rings (SSSR count). The summed E-state index contributed by atoms with van der Waals surface area (Å²) in [6, 6.07) is 18.0. The van der Waals surface area contributed by atoms with Crippen LogP contribution < -0.4 is 10.3 Å². The normalized spacial score (nSPS) is 17.0. The van der Waals surface area contributed by atoms with Gasteiger partial charge in [-0.1, -0.05) is 18.2 Å². The van der Waals surface area contributed by atoms with E-state index in [1.54, 1.807) is 7.11 Å². The van der Waals surface area contributed by atoms with Crippen LogP contribution in [0.5, 0.6) is 5.75 Å². The summed E-state index contributed by atoms with van der Waals surface area (Å²) in [5.41, 5.74) is 3.55. The van der Waals surface area contributed by atoms with Crippen molar-refractivity contribution in [2.75, 3.05) is 13.7 Å². The number of aromatic nitrogens is 2. The number of H-pyrrole nitrogens is 1. The third-order valence-electron chi connectivity index (χ3n) is 5.40. The lowest BCUT2D eigenvalue weighted by atomic mass is 10.1. The maximum Gasteiger partial charge on any atom is 0.251 e. The Morgan fingerprint density at radius 2 is 1.96 bits per heavy atom. The highest BCUT2D eigenvalue weighted by molar-refractivity contribution is 5.64. The smallest absolute Gasteiger partial charge is 0.251 e. The molecule has 1 aliphatic rings. The molecule has 0 spiro atoms. The van der Waals surface area contributed by atoms with Crippen molar-refractivity contribution in [3.05, 3.63) is 70.5 Å². The largest absolute Gasteiger partial charge is 0.497 e. The van der Waals surface area contributed by atoms with Crippen LogP contribution in [0.15, 0.2) is 59.4 Å². The second kappa shape index (κ2) is 7.98. The lowest BCUT2D eigenvalue weighted by Gasteiger charge is -2.21. The zero-order valence-corrected chi connectivity index (χ0v) is 16.3. The molecule has 5 heteroatoms. The molecule has 0 saturated carbocycles. The molecule has 5 nitrogen and oxygen atoms in total. The highest BCUT2D eigenvalue weighted by Crippen LogP contribution is 2.24. The van der Waals surface area contributed by atoms with Gasteiger partial charge in [-0.3, -0.25) is 9.69 Å². The predicted molar refractivity (Wildman–Crippen MR) is 111 cm³/mol. The average Bonchev–Trinajstić information content (AvgIpc) is 3.12. The first-order valence-electron chi connectivity index (χ1n) is 9.71. The summed E-state index contributed by atoms with van der Waals surface area (Å²) in [5.74, 6) is 1.37. The van der Waals surface area contributed by atoms with Crippen LogP contribution >= 0.6 is 0 Å². The van der Waals surface area contributed by atoms with Crippen LogP contribution in [0.4, 0.5) is 0 Å². The van der Waals surface area contributed by atoms with Gasteiger partial charge in [0.2, 0.25) is 0 Å². The number of benzene rings is 2. The van der Waals surface area contributed by atoms with Crippen LogP contribution in [-0.2, 0) is 6.54 Å². The van der Waals surface area contributed by atoms with E-state index in [1.165, 1.54) is 24.5 Å². The van der Waals surface area contributed by atoms with Gasteiger partial charge in [0.25, 0.3) is 5.56 Å². The summed E-state index contributed by atoms with van der Waals surface area (Å²) in [6.07, 6.45) is 2.53. The minimum atomic E-state index is -0.158. The van der Waals surface area contributed by atoms with Crippen molar-refractivity contribution in [1.82, 2.24) is 14.9 Å². The number of hydrogen-bond donors (Lipinski definition) is 1. The van der Waals surface area contributed by atoms with Crippen LogP contribution in [0, 0.1) is 0 Å². The van der Waals surface area contributed by atoms with E-state index in [-0.39, 0.29) is 5.56 Å². The fourth-order valence-electron chi connectivity index (χ4n) is 3.78. The molecule has 1 aromatic heterocycles. The summed E-state index contributed by atoms with van der Waals surface area (Å²) in [6.45, 7) is 4.36. The molecule has 0 bridgehead atoms. The molecule has 0 radical (unpaired) electrons. The van der Waals surface area contributed by atoms with Gasteiger partial charge < -0.3 is 9.72 Å². The molecular formula is C23H25N3O2. The Balaban J connectivity index is 1.64. The molecule has 1 atom stereocenters. The van der Waals surface area contributed by atoms with E-state index in [4.69, 9.17) is 9.72 Å². The van der Waals surface area contributed by atoms with Crippen molar-refractivity contribution >= 4 is 0 Å². The molecule has 3 aromatic rings. The van der Waals surface area contributed by atoms with Gasteiger partial charge in [-0.15, -0.1) is 0 Å².